The minimum Gasteiger partial charge on any atom is -0.616 e. The van der Waals surface area contributed by atoms with Gasteiger partial charge in [-0.1, -0.05) is 11.2 Å². The number of ether oxygens (including phenoxy) is 1. The molecule has 0 radical (unpaired) electrons. The smallest absolute Gasteiger partial charge is 0.137 e. The number of hydrogen-bond donors (Lipinski definition) is 1. The highest BCUT2D eigenvalue weighted by Gasteiger charge is 2.12. The summed E-state index contributed by atoms with van der Waals surface area (Å²) in [5.74, 6) is 2.04. The third-order valence-corrected chi connectivity index (χ3v) is 3.14. The standard InChI is InChI=1S/C12H14N2O2S/c1-16-10-3-4-11(12-13-5-6-14-12)9(7-10)8-17(2)15/h3-7H,8H2,1-2H3,(H,13,14). The number of rotatable bonds is 4. The van der Waals surface area contributed by atoms with Crippen LogP contribution in [0.4, 0.5) is 0 Å². The molecule has 0 aliphatic heterocycles. The molecule has 1 N–H and O–H groups in total. The maximum absolute atomic E-state index is 11.4. The monoisotopic (exact) mass is 250 g/mol. The Hall–Kier alpha value is -1.46. The topological polar surface area (TPSA) is 61.0 Å². The van der Waals surface area contributed by atoms with E-state index in [-0.39, 0.29) is 0 Å². The molecule has 0 aliphatic carbocycles. The van der Waals surface area contributed by atoms with E-state index in [9.17, 15) is 4.55 Å². The highest BCUT2D eigenvalue weighted by atomic mass is 32.2. The van der Waals surface area contributed by atoms with E-state index in [0.717, 1.165) is 22.7 Å². The summed E-state index contributed by atoms with van der Waals surface area (Å²) < 4.78 is 16.6. The molecule has 1 unspecified atom stereocenters. The van der Waals surface area contributed by atoms with Crippen LogP contribution in [0.25, 0.3) is 11.4 Å². The first-order chi connectivity index (χ1) is 8.20. The van der Waals surface area contributed by atoms with Crippen LogP contribution in [0.15, 0.2) is 30.6 Å². The van der Waals surface area contributed by atoms with Crippen LogP contribution in [-0.2, 0) is 16.9 Å². The van der Waals surface area contributed by atoms with E-state index in [1.165, 1.54) is 0 Å². The number of aromatic amines is 1. The second kappa shape index (κ2) is 5.25. The van der Waals surface area contributed by atoms with Crippen LogP contribution in [0, 0.1) is 0 Å². The summed E-state index contributed by atoms with van der Waals surface area (Å²) >= 11 is -0.896. The van der Waals surface area contributed by atoms with Gasteiger partial charge in [-0.3, -0.25) is 0 Å². The first kappa shape index (κ1) is 12.0. The lowest BCUT2D eigenvalue weighted by molar-refractivity contribution is 0.414. The van der Waals surface area contributed by atoms with Crippen molar-refractivity contribution in [3.8, 4) is 17.1 Å². The summed E-state index contributed by atoms with van der Waals surface area (Å²) in [6, 6.07) is 5.71. The van der Waals surface area contributed by atoms with Gasteiger partial charge < -0.3 is 14.3 Å². The predicted octanol–water partition coefficient (Wildman–Crippen LogP) is 1.96. The van der Waals surface area contributed by atoms with Crippen LogP contribution >= 0.6 is 0 Å². The van der Waals surface area contributed by atoms with E-state index in [4.69, 9.17) is 4.74 Å². The zero-order valence-electron chi connectivity index (χ0n) is 9.77. The number of nitrogens with zero attached hydrogens (tertiary/aromatic N) is 1. The Morgan fingerprint density at radius 3 is 2.88 bits per heavy atom. The van der Waals surface area contributed by atoms with Crippen molar-refractivity contribution in [1.82, 2.24) is 9.97 Å². The van der Waals surface area contributed by atoms with Gasteiger partial charge in [0.25, 0.3) is 0 Å². The quantitative estimate of drug-likeness (QED) is 0.844. The van der Waals surface area contributed by atoms with Crippen LogP contribution in [0.3, 0.4) is 0 Å². The van der Waals surface area contributed by atoms with Crippen LogP contribution in [0.2, 0.25) is 0 Å². The van der Waals surface area contributed by atoms with E-state index in [1.807, 2.05) is 18.2 Å². The van der Waals surface area contributed by atoms with Crippen molar-refractivity contribution in [3.63, 3.8) is 0 Å². The summed E-state index contributed by atoms with van der Waals surface area (Å²) in [6.07, 6.45) is 5.16. The third kappa shape index (κ3) is 2.81. The number of imidazole rings is 1. The van der Waals surface area contributed by atoms with Crippen LogP contribution in [0.1, 0.15) is 5.56 Å². The average Bonchev–Trinajstić information content (AvgIpc) is 2.81. The van der Waals surface area contributed by atoms with E-state index in [2.05, 4.69) is 9.97 Å². The highest BCUT2D eigenvalue weighted by molar-refractivity contribution is 7.89. The van der Waals surface area contributed by atoms with Crippen molar-refractivity contribution in [2.75, 3.05) is 13.4 Å². The first-order valence-electron chi connectivity index (χ1n) is 5.17. The maximum Gasteiger partial charge on any atom is 0.137 e. The fourth-order valence-electron chi connectivity index (χ4n) is 1.68. The molecule has 0 aliphatic rings. The molecule has 0 spiro atoms. The van der Waals surface area contributed by atoms with Gasteiger partial charge in [0, 0.05) is 23.5 Å². The van der Waals surface area contributed by atoms with Crippen molar-refractivity contribution >= 4 is 11.2 Å². The average molecular weight is 250 g/mol. The molecule has 1 aromatic heterocycles. The van der Waals surface area contributed by atoms with Gasteiger partial charge in [-0.2, -0.15) is 0 Å². The summed E-state index contributed by atoms with van der Waals surface area (Å²) in [6.45, 7) is 0. The molecule has 0 amide bonds. The third-order valence-electron chi connectivity index (χ3n) is 2.42. The van der Waals surface area contributed by atoms with Crippen molar-refractivity contribution in [2.24, 2.45) is 0 Å². The molecule has 5 heteroatoms. The molecule has 0 saturated carbocycles. The molecule has 4 nitrogen and oxygen atoms in total. The molecular formula is C12H14N2O2S. The second-order valence-corrected chi connectivity index (χ2v) is 5.11. The first-order valence-corrected chi connectivity index (χ1v) is 6.90. The van der Waals surface area contributed by atoms with Gasteiger partial charge in [0.15, 0.2) is 0 Å². The fraction of sp³-hybridized carbons (Fsp3) is 0.250. The predicted molar refractivity (Wildman–Crippen MR) is 68.3 cm³/mol. The number of nitrogens with one attached hydrogen (secondary N) is 1. The molecule has 1 atom stereocenters. The van der Waals surface area contributed by atoms with Gasteiger partial charge >= 0.3 is 0 Å². The Kier molecular flexibility index (Phi) is 3.71. The Morgan fingerprint density at radius 2 is 2.29 bits per heavy atom. The van der Waals surface area contributed by atoms with Gasteiger partial charge in [0.2, 0.25) is 0 Å². The van der Waals surface area contributed by atoms with Crippen molar-refractivity contribution in [3.05, 3.63) is 36.2 Å². The van der Waals surface area contributed by atoms with Crippen LogP contribution in [0.5, 0.6) is 5.75 Å². The van der Waals surface area contributed by atoms with Crippen molar-refractivity contribution in [2.45, 2.75) is 5.75 Å². The molecule has 17 heavy (non-hydrogen) atoms. The number of aromatic nitrogens is 2. The van der Waals surface area contributed by atoms with Gasteiger partial charge in [0.05, 0.1) is 13.4 Å². The molecule has 0 bridgehead atoms. The lowest BCUT2D eigenvalue weighted by Gasteiger charge is -2.10. The van der Waals surface area contributed by atoms with Gasteiger partial charge in [-0.05, 0) is 18.2 Å². The Balaban J connectivity index is 2.43. The van der Waals surface area contributed by atoms with E-state index < -0.39 is 11.2 Å². The van der Waals surface area contributed by atoms with Crippen molar-refractivity contribution in [1.29, 1.82) is 0 Å². The molecule has 1 aromatic carbocycles. The molecule has 0 saturated heterocycles. The van der Waals surface area contributed by atoms with Gasteiger partial charge in [0.1, 0.15) is 17.3 Å². The molecule has 90 valence electrons. The molecule has 1 heterocycles. The fourth-order valence-corrected chi connectivity index (χ4v) is 2.36. The lowest BCUT2D eigenvalue weighted by atomic mass is 10.1. The molecule has 0 fully saturated rings. The second-order valence-electron chi connectivity index (χ2n) is 3.68. The minimum absolute atomic E-state index is 0.493. The number of H-pyrrole nitrogens is 1. The van der Waals surface area contributed by atoms with Crippen molar-refractivity contribution < 1.29 is 9.29 Å². The number of hydrogen-bond acceptors (Lipinski definition) is 3. The van der Waals surface area contributed by atoms with Gasteiger partial charge in [-0.25, -0.2) is 4.98 Å². The number of benzene rings is 1. The Bertz CT molecular complexity index is 483. The molecule has 2 aromatic rings. The zero-order chi connectivity index (χ0) is 12.3. The van der Waals surface area contributed by atoms with E-state index >= 15 is 0 Å². The zero-order valence-corrected chi connectivity index (χ0v) is 10.6. The molecular weight excluding hydrogens is 236 g/mol. The largest absolute Gasteiger partial charge is 0.616 e. The highest BCUT2D eigenvalue weighted by Crippen LogP contribution is 2.26. The summed E-state index contributed by atoms with van der Waals surface area (Å²) in [7, 11) is 1.62. The Labute approximate surface area is 103 Å². The lowest BCUT2D eigenvalue weighted by Crippen LogP contribution is -2.03. The number of methoxy groups -OCH3 is 1. The van der Waals surface area contributed by atoms with E-state index in [0.29, 0.717) is 5.75 Å². The molecule has 2 rings (SSSR count). The summed E-state index contributed by atoms with van der Waals surface area (Å²) in [5.41, 5.74) is 1.94. The maximum atomic E-state index is 11.4. The summed E-state index contributed by atoms with van der Waals surface area (Å²) in [4.78, 5) is 7.27. The van der Waals surface area contributed by atoms with E-state index in [1.54, 1.807) is 25.8 Å². The SMILES string of the molecule is COc1ccc(-c2ncc[nH]2)c(C[S+](C)[O-])c1. The van der Waals surface area contributed by atoms with Crippen LogP contribution < -0.4 is 4.74 Å². The Morgan fingerprint density at radius 1 is 1.47 bits per heavy atom. The summed E-state index contributed by atoms with van der Waals surface area (Å²) in [5, 5.41) is 0. The minimum atomic E-state index is -0.896. The van der Waals surface area contributed by atoms with Crippen LogP contribution in [-0.4, -0.2) is 27.9 Å². The van der Waals surface area contributed by atoms with Gasteiger partial charge in [-0.15, -0.1) is 0 Å². The normalized spacial score (nSPS) is 12.4.